The highest BCUT2D eigenvalue weighted by Gasteiger charge is 2.24. The van der Waals surface area contributed by atoms with Crippen molar-refractivity contribution in [2.75, 3.05) is 11.3 Å². The molecule has 0 aliphatic rings. The Morgan fingerprint density at radius 2 is 1.74 bits per heavy atom. The van der Waals surface area contributed by atoms with Crippen LogP contribution in [-0.2, 0) is 16.6 Å². The van der Waals surface area contributed by atoms with Gasteiger partial charge in [-0.1, -0.05) is 49.2 Å². The largest absolute Gasteiger partial charge is 0.456 e. The van der Waals surface area contributed by atoms with Gasteiger partial charge in [0.1, 0.15) is 11.5 Å². The second-order valence-electron chi connectivity index (χ2n) is 9.41. The number of carbonyl (C=O) groups is 1. The van der Waals surface area contributed by atoms with Crippen molar-refractivity contribution < 1.29 is 17.9 Å². The van der Waals surface area contributed by atoms with Crippen LogP contribution in [0.1, 0.15) is 34.6 Å². The lowest BCUT2D eigenvalue weighted by Crippen LogP contribution is -2.34. The van der Waals surface area contributed by atoms with Crippen LogP contribution in [0.15, 0.2) is 83.1 Å². The number of aryl methyl sites for hydroxylation is 1. The number of anilines is 1. The number of nitrogens with one attached hydrogen (secondary N) is 1. The number of rotatable bonds is 10. The van der Waals surface area contributed by atoms with Crippen molar-refractivity contribution >= 4 is 56.2 Å². The maximum atomic E-state index is 13.8. The summed E-state index contributed by atoms with van der Waals surface area (Å²) in [6, 6.07) is 19.5. The molecule has 4 rings (SSSR count). The first-order valence-electron chi connectivity index (χ1n) is 12.2. The van der Waals surface area contributed by atoms with Gasteiger partial charge in [0.25, 0.3) is 15.9 Å². The summed E-state index contributed by atoms with van der Waals surface area (Å²) >= 11 is 14.0. The number of sulfonamides is 1. The molecule has 39 heavy (non-hydrogen) atoms. The zero-order valence-electron chi connectivity index (χ0n) is 21.6. The minimum Gasteiger partial charge on any atom is -0.456 e. The fourth-order valence-corrected chi connectivity index (χ4v) is 6.24. The predicted molar refractivity (Wildman–Crippen MR) is 159 cm³/mol. The molecule has 0 unspecified atom stereocenters. The normalized spacial score (nSPS) is 11.4. The highest BCUT2D eigenvalue weighted by atomic mass is 35.5. The first-order chi connectivity index (χ1) is 18.5. The molecule has 0 atom stereocenters. The summed E-state index contributed by atoms with van der Waals surface area (Å²) in [5.74, 6) is 0.791. The van der Waals surface area contributed by atoms with Gasteiger partial charge in [-0.3, -0.25) is 9.52 Å². The predicted octanol–water partition coefficient (Wildman–Crippen LogP) is 8.25. The van der Waals surface area contributed by atoms with Gasteiger partial charge in [0.15, 0.2) is 0 Å². The summed E-state index contributed by atoms with van der Waals surface area (Å²) in [5, 5.41) is 2.77. The molecular formula is C29H28Cl2N2O4S2. The number of hydrogen-bond acceptors (Lipinski definition) is 5. The minimum atomic E-state index is -4.03. The summed E-state index contributed by atoms with van der Waals surface area (Å²) in [6.07, 6.45) is 0. The number of amides is 1. The molecular weight excluding hydrogens is 575 g/mol. The van der Waals surface area contributed by atoms with Crippen molar-refractivity contribution in [1.29, 1.82) is 0 Å². The molecule has 6 nitrogen and oxygen atoms in total. The molecule has 0 radical (unpaired) electrons. The SMILES string of the molecule is Cc1ccsc1CN(CC(C)C)C(=O)c1cc(Cl)ccc1NS(=O)(=O)c1ccc(Oc2ccccc2Cl)cc1. The Kier molecular flexibility index (Phi) is 9.23. The van der Waals surface area contributed by atoms with Gasteiger partial charge in [-0.05, 0) is 84.4 Å². The molecule has 10 heteroatoms. The molecule has 0 spiro atoms. The monoisotopic (exact) mass is 602 g/mol. The summed E-state index contributed by atoms with van der Waals surface area (Å²) in [6.45, 7) is 6.99. The van der Waals surface area contributed by atoms with Crippen molar-refractivity contribution in [2.24, 2.45) is 5.92 Å². The number of ether oxygens (including phenoxy) is 1. The van der Waals surface area contributed by atoms with E-state index in [0.717, 1.165) is 10.4 Å². The van der Waals surface area contributed by atoms with Crippen LogP contribution in [-0.4, -0.2) is 25.8 Å². The Morgan fingerprint density at radius 3 is 2.38 bits per heavy atom. The highest BCUT2D eigenvalue weighted by Crippen LogP contribution is 2.31. The van der Waals surface area contributed by atoms with E-state index in [1.165, 1.54) is 24.3 Å². The average molecular weight is 604 g/mol. The number of benzene rings is 3. The molecule has 204 valence electrons. The van der Waals surface area contributed by atoms with Gasteiger partial charge in [0, 0.05) is 16.4 Å². The Morgan fingerprint density at radius 1 is 1.03 bits per heavy atom. The van der Waals surface area contributed by atoms with Crippen LogP contribution in [0, 0.1) is 12.8 Å². The van der Waals surface area contributed by atoms with Crippen molar-refractivity contribution in [2.45, 2.75) is 32.2 Å². The molecule has 4 aromatic rings. The summed E-state index contributed by atoms with van der Waals surface area (Å²) in [5.41, 5.74) is 1.44. The van der Waals surface area contributed by atoms with E-state index in [1.54, 1.807) is 58.7 Å². The zero-order valence-corrected chi connectivity index (χ0v) is 24.8. The van der Waals surface area contributed by atoms with Crippen LogP contribution in [0.3, 0.4) is 0 Å². The van der Waals surface area contributed by atoms with E-state index in [1.807, 2.05) is 32.2 Å². The van der Waals surface area contributed by atoms with Crippen LogP contribution >= 0.6 is 34.5 Å². The highest BCUT2D eigenvalue weighted by molar-refractivity contribution is 7.92. The molecule has 0 aliphatic carbocycles. The van der Waals surface area contributed by atoms with Crippen molar-refractivity contribution in [3.05, 3.63) is 104 Å². The molecule has 0 fully saturated rings. The van der Waals surface area contributed by atoms with Crippen LogP contribution < -0.4 is 9.46 Å². The number of carbonyl (C=O) groups excluding carboxylic acids is 1. The first kappa shape index (κ1) is 29.0. The molecule has 0 aliphatic heterocycles. The summed E-state index contributed by atoms with van der Waals surface area (Å²) in [7, 11) is -4.03. The maximum absolute atomic E-state index is 13.8. The van der Waals surface area contributed by atoms with Crippen molar-refractivity contribution in [3.63, 3.8) is 0 Å². The second kappa shape index (κ2) is 12.4. The maximum Gasteiger partial charge on any atom is 0.261 e. The summed E-state index contributed by atoms with van der Waals surface area (Å²) < 4.78 is 34.9. The number of thiophene rings is 1. The Labute approximate surface area is 243 Å². The zero-order chi connectivity index (χ0) is 28.2. The molecule has 1 amide bonds. The number of hydrogen-bond donors (Lipinski definition) is 1. The van der Waals surface area contributed by atoms with Gasteiger partial charge >= 0.3 is 0 Å². The van der Waals surface area contributed by atoms with Gasteiger partial charge in [0.05, 0.1) is 27.7 Å². The molecule has 0 saturated heterocycles. The quantitative estimate of drug-likeness (QED) is 0.198. The van der Waals surface area contributed by atoms with Gasteiger partial charge in [-0.15, -0.1) is 11.3 Å². The third kappa shape index (κ3) is 7.33. The van der Waals surface area contributed by atoms with Gasteiger partial charge in [0.2, 0.25) is 0 Å². The van der Waals surface area contributed by atoms with E-state index in [0.29, 0.717) is 34.6 Å². The Hall–Kier alpha value is -3.04. The van der Waals surface area contributed by atoms with E-state index < -0.39 is 10.0 Å². The smallest absolute Gasteiger partial charge is 0.261 e. The first-order valence-corrected chi connectivity index (χ1v) is 15.3. The molecule has 1 aromatic heterocycles. The number of halogens is 2. The van der Waals surface area contributed by atoms with Crippen LogP contribution in [0.25, 0.3) is 0 Å². The lowest BCUT2D eigenvalue weighted by Gasteiger charge is -2.26. The standard InChI is InChI=1S/C29H28Cl2N2O4S2/c1-19(2)17-33(18-28-20(3)14-15-38-28)29(34)24-16-21(30)8-13-26(24)32-39(35,36)23-11-9-22(10-12-23)37-27-7-5-4-6-25(27)31/h4-16,19,32H,17-18H2,1-3H3. The fraction of sp³-hybridized carbons (Fsp3) is 0.207. The van der Waals surface area contributed by atoms with Crippen LogP contribution in [0.5, 0.6) is 11.5 Å². The lowest BCUT2D eigenvalue weighted by molar-refractivity contribution is 0.0725. The van der Waals surface area contributed by atoms with E-state index >= 15 is 0 Å². The van der Waals surface area contributed by atoms with E-state index in [9.17, 15) is 13.2 Å². The van der Waals surface area contributed by atoms with E-state index in [4.69, 9.17) is 27.9 Å². The molecule has 1 N–H and O–H groups in total. The van der Waals surface area contributed by atoms with E-state index in [-0.39, 0.29) is 28.0 Å². The van der Waals surface area contributed by atoms with Crippen molar-refractivity contribution in [1.82, 2.24) is 4.90 Å². The Balaban J connectivity index is 1.59. The molecule has 0 bridgehead atoms. The van der Waals surface area contributed by atoms with Gasteiger partial charge in [-0.25, -0.2) is 8.42 Å². The minimum absolute atomic E-state index is 0.00982. The van der Waals surface area contributed by atoms with Crippen LogP contribution in [0.4, 0.5) is 5.69 Å². The Bertz CT molecular complexity index is 1570. The van der Waals surface area contributed by atoms with Gasteiger partial charge < -0.3 is 9.64 Å². The van der Waals surface area contributed by atoms with Crippen LogP contribution in [0.2, 0.25) is 10.0 Å². The van der Waals surface area contributed by atoms with E-state index in [2.05, 4.69) is 4.72 Å². The van der Waals surface area contributed by atoms with Gasteiger partial charge in [-0.2, -0.15) is 0 Å². The average Bonchev–Trinajstić information content (AvgIpc) is 3.29. The lowest BCUT2D eigenvalue weighted by atomic mass is 10.1. The molecule has 0 saturated carbocycles. The number of para-hydroxylation sites is 1. The molecule has 1 heterocycles. The topological polar surface area (TPSA) is 75.7 Å². The third-order valence-electron chi connectivity index (χ3n) is 5.83. The fourth-order valence-electron chi connectivity index (χ4n) is 3.90. The molecule has 3 aromatic carbocycles. The summed E-state index contributed by atoms with van der Waals surface area (Å²) in [4.78, 5) is 16.6. The van der Waals surface area contributed by atoms with Crippen molar-refractivity contribution in [3.8, 4) is 11.5 Å². The number of nitrogens with zero attached hydrogens (tertiary/aromatic N) is 1. The third-order valence-corrected chi connectivity index (χ3v) is 8.77. The second-order valence-corrected chi connectivity index (χ2v) is 12.9.